The molecular formula is C24H38N2O2. The van der Waals surface area contributed by atoms with Crippen molar-refractivity contribution in [2.24, 2.45) is 39.7 Å². The number of likely N-dealkylation sites (tertiary alicyclic amines) is 1. The Morgan fingerprint density at radius 1 is 1.04 bits per heavy atom. The van der Waals surface area contributed by atoms with Crippen molar-refractivity contribution < 1.29 is 9.63 Å². The Bertz CT molecular complexity index is 676. The Morgan fingerprint density at radius 2 is 1.89 bits per heavy atom. The fraction of sp³-hybridized carbons (Fsp3) is 0.917. The van der Waals surface area contributed by atoms with Crippen LogP contribution in [0.3, 0.4) is 0 Å². The molecule has 5 unspecified atom stereocenters. The molecular weight excluding hydrogens is 348 g/mol. The van der Waals surface area contributed by atoms with E-state index in [0.717, 1.165) is 69.4 Å². The Kier molecular flexibility index (Phi) is 4.65. The number of rotatable bonds is 2. The lowest BCUT2D eigenvalue weighted by Gasteiger charge is -2.59. The van der Waals surface area contributed by atoms with Gasteiger partial charge in [0.15, 0.2) is 0 Å². The Hall–Kier alpha value is -0.900. The number of hydrogen-bond donors (Lipinski definition) is 0. The van der Waals surface area contributed by atoms with Crippen LogP contribution in [-0.2, 0) is 9.63 Å². The van der Waals surface area contributed by atoms with Gasteiger partial charge in [0.25, 0.3) is 0 Å². The largest absolute Gasteiger partial charge is 0.391 e. The Balaban J connectivity index is 1.28. The molecule has 1 aliphatic heterocycles. The van der Waals surface area contributed by atoms with Crippen molar-refractivity contribution in [3.8, 4) is 0 Å². The summed E-state index contributed by atoms with van der Waals surface area (Å²) in [6.45, 7) is 7.01. The first-order valence-electron chi connectivity index (χ1n) is 11.8. The molecule has 1 heterocycles. The lowest BCUT2D eigenvalue weighted by molar-refractivity contribution is -0.137. The molecule has 4 nitrogen and oxygen atoms in total. The van der Waals surface area contributed by atoms with Gasteiger partial charge in [0.05, 0.1) is 5.71 Å². The second kappa shape index (κ2) is 6.82. The van der Waals surface area contributed by atoms with Crippen LogP contribution in [0.2, 0.25) is 0 Å². The number of oxime groups is 1. The van der Waals surface area contributed by atoms with Crippen LogP contribution in [0, 0.1) is 34.5 Å². The highest BCUT2D eigenvalue weighted by Crippen LogP contribution is 2.65. The first-order valence-corrected chi connectivity index (χ1v) is 11.8. The maximum Gasteiger partial charge on any atom is 0.141 e. The van der Waals surface area contributed by atoms with Gasteiger partial charge in [0.1, 0.15) is 11.9 Å². The molecule has 1 saturated heterocycles. The van der Waals surface area contributed by atoms with Crippen LogP contribution in [0.4, 0.5) is 0 Å². The predicted molar refractivity (Wildman–Crippen MR) is 111 cm³/mol. The monoisotopic (exact) mass is 386 g/mol. The topological polar surface area (TPSA) is 41.9 Å². The van der Waals surface area contributed by atoms with E-state index in [1.807, 2.05) is 0 Å². The highest BCUT2D eigenvalue weighted by molar-refractivity contribution is 5.87. The molecule has 4 aliphatic carbocycles. The van der Waals surface area contributed by atoms with Gasteiger partial charge in [-0.3, -0.25) is 4.79 Å². The average molecular weight is 387 g/mol. The van der Waals surface area contributed by atoms with Crippen molar-refractivity contribution in [3.63, 3.8) is 0 Å². The molecule has 4 saturated carbocycles. The van der Waals surface area contributed by atoms with E-state index < -0.39 is 0 Å². The van der Waals surface area contributed by atoms with Gasteiger partial charge in [0.2, 0.25) is 0 Å². The number of carbonyl (C=O) groups is 1. The molecule has 0 aromatic rings. The third-order valence-electron chi connectivity index (χ3n) is 9.89. The molecule has 0 amide bonds. The lowest BCUT2D eigenvalue weighted by atomic mass is 9.45. The van der Waals surface area contributed by atoms with E-state index in [9.17, 15) is 4.79 Å². The Morgan fingerprint density at radius 3 is 2.68 bits per heavy atom. The van der Waals surface area contributed by atoms with Crippen LogP contribution in [0.1, 0.15) is 78.1 Å². The zero-order valence-corrected chi connectivity index (χ0v) is 18.1. The highest BCUT2D eigenvalue weighted by Gasteiger charge is 2.60. The summed E-state index contributed by atoms with van der Waals surface area (Å²) in [6, 6.07) is 0. The van der Waals surface area contributed by atoms with Gasteiger partial charge in [-0.2, -0.15) is 0 Å². The van der Waals surface area contributed by atoms with E-state index in [1.54, 1.807) is 0 Å². The van der Waals surface area contributed by atoms with Crippen LogP contribution >= 0.6 is 0 Å². The molecule has 0 aromatic carbocycles. The third kappa shape index (κ3) is 2.88. The van der Waals surface area contributed by atoms with Crippen molar-refractivity contribution in [2.45, 2.75) is 84.2 Å². The fourth-order valence-electron chi connectivity index (χ4n) is 8.04. The molecule has 7 atom stereocenters. The first kappa shape index (κ1) is 19.1. The number of ketones is 1. The number of hydrogen-bond acceptors (Lipinski definition) is 4. The minimum Gasteiger partial charge on any atom is -0.391 e. The van der Waals surface area contributed by atoms with Gasteiger partial charge in [-0.15, -0.1) is 0 Å². The van der Waals surface area contributed by atoms with Crippen molar-refractivity contribution in [1.29, 1.82) is 0 Å². The summed E-state index contributed by atoms with van der Waals surface area (Å²) in [5.74, 6) is 3.60. The van der Waals surface area contributed by atoms with E-state index >= 15 is 0 Å². The molecule has 0 spiro atoms. The van der Waals surface area contributed by atoms with Crippen LogP contribution in [0.5, 0.6) is 0 Å². The summed E-state index contributed by atoms with van der Waals surface area (Å²) in [5.41, 5.74) is 1.77. The number of Topliss-reactive ketones (excluding diaryl/α,β-unsaturated/α-hetero) is 1. The van der Waals surface area contributed by atoms with Gasteiger partial charge in [-0.05, 0) is 87.5 Å². The molecule has 0 bridgehead atoms. The van der Waals surface area contributed by atoms with Crippen LogP contribution < -0.4 is 0 Å². The third-order valence-corrected chi connectivity index (χ3v) is 9.89. The van der Waals surface area contributed by atoms with E-state index in [-0.39, 0.29) is 11.5 Å². The van der Waals surface area contributed by atoms with Gasteiger partial charge in [-0.1, -0.05) is 19.0 Å². The van der Waals surface area contributed by atoms with Crippen LogP contribution in [0.25, 0.3) is 0 Å². The van der Waals surface area contributed by atoms with E-state index in [0.29, 0.717) is 17.1 Å². The van der Waals surface area contributed by atoms with E-state index in [2.05, 4.69) is 31.0 Å². The van der Waals surface area contributed by atoms with Crippen molar-refractivity contribution in [3.05, 3.63) is 0 Å². The number of carbonyl (C=O) groups excluding carboxylic acids is 1. The second-order valence-corrected chi connectivity index (χ2v) is 11.2. The maximum atomic E-state index is 12.6. The number of fused-ring (bicyclic) bond motifs is 5. The molecule has 4 heteroatoms. The summed E-state index contributed by atoms with van der Waals surface area (Å²) >= 11 is 0. The molecule has 0 radical (unpaired) electrons. The van der Waals surface area contributed by atoms with Crippen molar-refractivity contribution >= 4 is 11.5 Å². The summed E-state index contributed by atoms with van der Waals surface area (Å²) in [6.07, 6.45) is 12.0. The molecule has 28 heavy (non-hydrogen) atoms. The summed E-state index contributed by atoms with van der Waals surface area (Å²) in [5, 5.41) is 4.65. The molecule has 5 rings (SSSR count). The molecule has 5 fully saturated rings. The maximum absolute atomic E-state index is 12.6. The summed E-state index contributed by atoms with van der Waals surface area (Å²) in [4.78, 5) is 20.8. The van der Waals surface area contributed by atoms with E-state index in [1.165, 1.54) is 31.4 Å². The van der Waals surface area contributed by atoms with Gasteiger partial charge in [0, 0.05) is 31.3 Å². The SMILES string of the molecule is CN1CCC(ON=C2CC[C@@]3(C)C(CCC4C3CC[C@]3(C)C(=O)CCC43)C2)C1. The number of likely N-dealkylation sites (N-methyl/N-ethyl adjacent to an activating group) is 1. The normalized spacial score (nSPS) is 50.3. The fourth-order valence-corrected chi connectivity index (χ4v) is 8.04. The first-order chi connectivity index (χ1) is 13.4. The van der Waals surface area contributed by atoms with Gasteiger partial charge >= 0.3 is 0 Å². The minimum absolute atomic E-state index is 0.00787. The lowest BCUT2D eigenvalue weighted by Crippen LogP contribution is -2.53. The Labute approximate surface area is 170 Å². The van der Waals surface area contributed by atoms with E-state index in [4.69, 9.17) is 4.84 Å². The highest BCUT2D eigenvalue weighted by atomic mass is 16.6. The quantitative estimate of drug-likeness (QED) is 0.647. The van der Waals surface area contributed by atoms with Crippen LogP contribution in [-0.4, -0.2) is 42.6 Å². The zero-order chi connectivity index (χ0) is 19.5. The molecule has 156 valence electrons. The molecule has 0 aromatic heterocycles. The standard InChI is InChI=1S/C24H38N2O2/c1-23-11-8-17(25-28-18-10-13-26(3)15-18)14-16(23)4-5-19-20-6-7-22(27)24(20,2)12-9-21(19)23/h16,18-21H,4-15H2,1-3H3/t16?,18?,19?,20?,21?,23-,24-/m0/s1. The minimum atomic E-state index is 0.00787. The molecule has 0 N–H and O–H groups in total. The van der Waals surface area contributed by atoms with Crippen molar-refractivity contribution in [1.82, 2.24) is 4.90 Å². The van der Waals surface area contributed by atoms with Gasteiger partial charge < -0.3 is 9.74 Å². The average Bonchev–Trinajstić information content (AvgIpc) is 3.23. The zero-order valence-electron chi connectivity index (χ0n) is 18.1. The summed E-state index contributed by atoms with van der Waals surface area (Å²) < 4.78 is 0. The number of nitrogens with zero attached hydrogens (tertiary/aromatic N) is 2. The molecule has 5 aliphatic rings. The van der Waals surface area contributed by atoms with Gasteiger partial charge in [-0.25, -0.2) is 0 Å². The second-order valence-electron chi connectivity index (χ2n) is 11.2. The summed E-state index contributed by atoms with van der Waals surface area (Å²) in [7, 11) is 2.16. The van der Waals surface area contributed by atoms with Crippen molar-refractivity contribution in [2.75, 3.05) is 20.1 Å². The smallest absolute Gasteiger partial charge is 0.141 e. The predicted octanol–water partition coefficient (Wildman–Crippen LogP) is 4.67. The van der Waals surface area contributed by atoms with Crippen LogP contribution in [0.15, 0.2) is 5.16 Å².